The molecule has 3 aromatic carbocycles. The molecule has 0 fully saturated rings. The van der Waals surface area contributed by atoms with E-state index in [0.717, 1.165) is 27.7 Å². The molecular formula is C33H37FN2O4. The molecule has 6 nitrogen and oxygen atoms in total. The lowest BCUT2D eigenvalue weighted by Gasteiger charge is -2.21. The number of aryl methyl sites for hydroxylation is 1. The maximum atomic E-state index is 14.8. The van der Waals surface area contributed by atoms with Crippen molar-refractivity contribution in [3.8, 4) is 5.75 Å². The number of amides is 1. The Hall–Kier alpha value is -4.13. The molecule has 2 atom stereocenters. The first-order chi connectivity index (χ1) is 18.8. The lowest BCUT2D eigenvalue weighted by Crippen LogP contribution is -2.26. The van der Waals surface area contributed by atoms with E-state index in [1.165, 1.54) is 30.7 Å². The Morgan fingerprint density at radius 1 is 1.00 bits per heavy atom. The van der Waals surface area contributed by atoms with Gasteiger partial charge in [0.1, 0.15) is 11.6 Å². The Labute approximate surface area is 234 Å². The van der Waals surface area contributed by atoms with Gasteiger partial charge in [-0.25, -0.2) is 9.18 Å². The van der Waals surface area contributed by atoms with Crippen LogP contribution in [0.25, 0.3) is 10.9 Å². The van der Waals surface area contributed by atoms with Crippen LogP contribution in [0.3, 0.4) is 0 Å². The van der Waals surface area contributed by atoms with Crippen LogP contribution in [-0.2, 0) is 16.8 Å². The van der Waals surface area contributed by atoms with Crippen LogP contribution in [0.4, 0.5) is 4.39 Å². The third kappa shape index (κ3) is 6.03. The van der Waals surface area contributed by atoms with Crippen LogP contribution in [0.2, 0.25) is 0 Å². The average molecular weight is 545 g/mol. The third-order valence-corrected chi connectivity index (χ3v) is 7.53. The van der Waals surface area contributed by atoms with E-state index >= 15 is 0 Å². The van der Waals surface area contributed by atoms with Crippen LogP contribution in [0.1, 0.15) is 79.0 Å². The van der Waals surface area contributed by atoms with Gasteiger partial charge in [-0.2, -0.15) is 0 Å². The van der Waals surface area contributed by atoms with E-state index in [1.54, 1.807) is 6.07 Å². The summed E-state index contributed by atoms with van der Waals surface area (Å²) >= 11 is 0. The SMILES string of the molecule is Cc1c(C)n(Cc2cc(O[C@@H](C)C(=O)O)ccc2F)c2ccc(C(=O)N[C@@H](C)c3ccc(C(C)(C)C)cc3)cc12. The van der Waals surface area contributed by atoms with Crippen molar-refractivity contribution >= 4 is 22.8 Å². The smallest absolute Gasteiger partial charge is 0.344 e. The Kier molecular flexibility index (Phi) is 8.05. The van der Waals surface area contributed by atoms with Gasteiger partial charge in [-0.1, -0.05) is 45.0 Å². The van der Waals surface area contributed by atoms with E-state index in [-0.39, 0.29) is 23.9 Å². The maximum absolute atomic E-state index is 14.8. The maximum Gasteiger partial charge on any atom is 0.344 e. The molecule has 210 valence electrons. The van der Waals surface area contributed by atoms with Crippen LogP contribution in [-0.4, -0.2) is 27.7 Å². The molecule has 2 N–H and O–H groups in total. The van der Waals surface area contributed by atoms with Gasteiger partial charge in [-0.05, 0) is 86.2 Å². The van der Waals surface area contributed by atoms with Gasteiger partial charge in [-0.3, -0.25) is 4.79 Å². The summed E-state index contributed by atoms with van der Waals surface area (Å²) in [6.07, 6.45) is -1.05. The first kappa shape index (κ1) is 28.9. The number of aromatic nitrogens is 1. The largest absolute Gasteiger partial charge is 0.479 e. The summed E-state index contributed by atoms with van der Waals surface area (Å²) in [6, 6.07) is 18.0. The Balaban J connectivity index is 1.57. The van der Waals surface area contributed by atoms with Gasteiger partial charge < -0.3 is 19.7 Å². The van der Waals surface area contributed by atoms with Crippen LogP contribution in [0.5, 0.6) is 5.75 Å². The second-order valence-electron chi connectivity index (χ2n) is 11.4. The number of halogens is 1. The fraction of sp³-hybridized carbons (Fsp3) is 0.333. The molecule has 7 heteroatoms. The van der Waals surface area contributed by atoms with Crippen molar-refractivity contribution < 1.29 is 23.8 Å². The highest BCUT2D eigenvalue weighted by Gasteiger charge is 2.19. The predicted octanol–water partition coefficient (Wildman–Crippen LogP) is 7.09. The van der Waals surface area contributed by atoms with Crippen LogP contribution in [0, 0.1) is 19.7 Å². The Morgan fingerprint density at radius 3 is 2.30 bits per heavy atom. The van der Waals surface area contributed by atoms with Crippen molar-refractivity contribution in [1.29, 1.82) is 0 Å². The molecule has 0 aliphatic heterocycles. The molecule has 1 heterocycles. The molecular weight excluding hydrogens is 507 g/mol. The summed E-state index contributed by atoms with van der Waals surface area (Å²) in [5.74, 6) is -1.38. The molecule has 0 aliphatic carbocycles. The highest BCUT2D eigenvalue weighted by atomic mass is 19.1. The standard InChI is InChI=1S/C33H37FN2O4/c1-19-21(3)36(18-25-16-27(13-14-29(25)34)40-22(4)32(38)39)30-15-10-24(17-28(19)30)31(37)35-20(2)23-8-11-26(12-9-23)33(5,6)7/h8-17,20,22H,18H2,1-7H3,(H,35,37)(H,38,39)/t20-,22-/m0/s1. The summed E-state index contributed by atoms with van der Waals surface area (Å²) in [5, 5.41) is 13.2. The summed E-state index contributed by atoms with van der Waals surface area (Å²) < 4.78 is 22.2. The summed E-state index contributed by atoms with van der Waals surface area (Å²) in [7, 11) is 0. The van der Waals surface area contributed by atoms with Crippen LogP contribution < -0.4 is 10.1 Å². The number of benzene rings is 3. The van der Waals surface area contributed by atoms with Crippen LogP contribution in [0.15, 0.2) is 60.7 Å². The van der Waals surface area contributed by atoms with E-state index < -0.39 is 17.9 Å². The zero-order chi connectivity index (χ0) is 29.4. The molecule has 0 saturated heterocycles. The van der Waals surface area contributed by atoms with Gasteiger partial charge >= 0.3 is 5.97 Å². The summed E-state index contributed by atoms with van der Waals surface area (Å²) in [4.78, 5) is 24.3. The molecule has 0 saturated carbocycles. The van der Waals surface area contributed by atoms with E-state index in [2.05, 4.69) is 50.4 Å². The molecule has 0 bridgehead atoms. The number of hydrogen-bond acceptors (Lipinski definition) is 3. The van der Waals surface area contributed by atoms with Gasteiger partial charge in [0, 0.05) is 27.7 Å². The zero-order valence-corrected chi connectivity index (χ0v) is 24.1. The molecule has 0 radical (unpaired) electrons. The number of rotatable bonds is 8. The molecule has 0 unspecified atom stereocenters. The van der Waals surface area contributed by atoms with Crippen molar-refractivity contribution in [3.05, 3.63) is 100.0 Å². The number of carbonyl (C=O) groups is 2. The highest BCUT2D eigenvalue weighted by molar-refractivity contribution is 5.99. The third-order valence-electron chi connectivity index (χ3n) is 7.53. The van der Waals surface area contributed by atoms with Crippen molar-refractivity contribution in [2.45, 2.75) is 72.6 Å². The number of hydrogen-bond donors (Lipinski definition) is 2. The molecule has 4 aromatic rings. The monoisotopic (exact) mass is 544 g/mol. The van der Waals surface area contributed by atoms with Crippen molar-refractivity contribution in [2.75, 3.05) is 0 Å². The second kappa shape index (κ2) is 11.2. The number of ether oxygens (including phenoxy) is 1. The van der Waals surface area contributed by atoms with E-state index in [0.29, 0.717) is 16.9 Å². The minimum atomic E-state index is -1.10. The molecule has 4 rings (SSSR count). The fourth-order valence-corrected chi connectivity index (χ4v) is 4.80. The van der Waals surface area contributed by atoms with Gasteiger partial charge in [0.2, 0.25) is 0 Å². The molecule has 1 amide bonds. The molecule has 40 heavy (non-hydrogen) atoms. The molecule has 0 spiro atoms. The van der Waals surface area contributed by atoms with E-state index in [4.69, 9.17) is 9.84 Å². The number of carbonyl (C=O) groups excluding carboxylic acids is 1. The van der Waals surface area contributed by atoms with Gasteiger partial charge in [0.25, 0.3) is 5.91 Å². The highest BCUT2D eigenvalue weighted by Crippen LogP contribution is 2.29. The number of carboxylic acid groups (broad SMARTS) is 1. The first-order valence-corrected chi connectivity index (χ1v) is 13.4. The number of nitrogens with zero attached hydrogens (tertiary/aromatic N) is 1. The first-order valence-electron chi connectivity index (χ1n) is 13.4. The van der Waals surface area contributed by atoms with Crippen molar-refractivity contribution in [1.82, 2.24) is 9.88 Å². The molecule has 1 aromatic heterocycles. The minimum Gasteiger partial charge on any atom is -0.479 e. The summed E-state index contributed by atoms with van der Waals surface area (Å²) in [5.41, 5.74) is 6.09. The number of carboxylic acids is 1. The van der Waals surface area contributed by atoms with Crippen LogP contribution >= 0.6 is 0 Å². The van der Waals surface area contributed by atoms with E-state index in [9.17, 15) is 14.0 Å². The van der Waals surface area contributed by atoms with E-state index in [1.807, 2.05) is 37.5 Å². The lowest BCUT2D eigenvalue weighted by molar-refractivity contribution is -0.144. The van der Waals surface area contributed by atoms with Gasteiger partial charge in [0.15, 0.2) is 6.10 Å². The van der Waals surface area contributed by atoms with Crippen molar-refractivity contribution in [3.63, 3.8) is 0 Å². The lowest BCUT2D eigenvalue weighted by atomic mass is 9.86. The number of nitrogens with one attached hydrogen (secondary N) is 1. The number of fused-ring (bicyclic) bond motifs is 1. The topological polar surface area (TPSA) is 80.6 Å². The average Bonchev–Trinajstić information content (AvgIpc) is 3.14. The Bertz CT molecular complexity index is 1560. The summed E-state index contributed by atoms with van der Waals surface area (Å²) in [6.45, 7) is 14.1. The molecule has 0 aliphatic rings. The zero-order valence-electron chi connectivity index (χ0n) is 24.1. The minimum absolute atomic E-state index is 0.0636. The number of aliphatic carboxylic acids is 1. The quantitative estimate of drug-likeness (QED) is 0.248. The van der Waals surface area contributed by atoms with Crippen molar-refractivity contribution in [2.24, 2.45) is 0 Å². The normalized spacial score (nSPS) is 13.2. The second-order valence-corrected chi connectivity index (χ2v) is 11.4. The fourth-order valence-electron chi connectivity index (χ4n) is 4.80. The predicted molar refractivity (Wildman–Crippen MR) is 156 cm³/mol. The Morgan fingerprint density at radius 2 is 1.68 bits per heavy atom. The van der Waals surface area contributed by atoms with Gasteiger partial charge in [-0.15, -0.1) is 0 Å². The van der Waals surface area contributed by atoms with Gasteiger partial charge in [0.05, 0.1) is 12.6 Å².